The van der Waals surface area contributed by atoms with E-state index in [0.717, 1.165) is 19.3 Å². The second-order valence-corrected chi connectivity index (χ2v) is 8.95. The predicted octanol–water partition coefficient (Wildman–Crippen LogP) is 3.64. The lowest BCUT2D eigenvalue weighted by molar-refractivity contribution is -0.218. The SMILES string of the molecule is CCC[C@H]1C[C@@H](OC)C[C@H](C)C[C@H]2O[C@@H](CC(=O)O1)CC1=C2C(=O)OC(C)(C)O1. The molecule has 0 aromatic heterocycles. The molecule has 5 atom stereocenters. The van der Waals surface area contributed by atoms with Crippen molar-refractivity contribution in [2.75, 3.05) is 7.11 Å². The van der Waals surface area contributed by atoms with Gasteiger partial charge >= 0.3 is 11.9 Å². The Morgan fingerprint density at radius 3 is 2.55 bits per heavy atom. The zero-order valence-corrected chi connectivity index (χ0v) is 18.2. The molecule has 0 spiro atoms. The van der Waals surface area contributed by atoms with E-state index >= 15 is 0 Å². The van der Waals surface area contributed by atoms with E-state index in [-0.39, 0.29) is 36.6 Å². The number of cyclic esters (lactones) is 2. The fraction of sp³-hybridized carbons (Fsp3) is 0.818. The van der Waals surface area contributed by atoms with Crippen LogP contribution in [-0.4, -0.2) is 49.3 Å². The Morgan fingerprint density at radius 1 is 1.10 bits per heavy atom. The average molecular weight is 411 g/mol. The number of hydrogen-bond acceptors (Lipinski definition) is 7. The van der Waals surface area contributed by atoms with Gasteiger partial charge in [-0.25, -0.2) is 4.79 Å². The Labute approximate surface area is 173 Å². The summed E-state index contributed by atoms with van der Waals surface area (Å²) in [7, 11) is 1.69. The zero-order valence-electron chi connectivity index (χ0n) is 18.2. The van der Waals surface area contributed by atoms with Crippen LogP contribution in [0.2, 0.25) is 0 Å². The van der Waals surface area contributed by atoms with Gasteiger partial charge in [-0.1, -0.05) is 20.3 Å². The van der Waals surface area contributed by atoms with Crippen LogP contribution < -0.4 is 0 Å². The number of ether oxygens (including phenoxy) is 5. The van der Waals surface area contributed by atoms with Crippen LogP contribution in [0.1, 0.15) is 72.6 Å². The largest absolute Gasteiger partial charge is 0.462 e. The highest BCUT2D eigenvalue weighted by Crippen LogP contribution is 2.39. The minimum atomic E-state index is -1.02. The van der Waals surface area contributed by atoms with E-state index in [9.17, 15) is 9.59 Å². The van der Waals surface area contributed by atoms with E-state index in [4.69, 9.17) is 23.7 Å². The van der Waals surface area contributed by atoms with Crippen molar-refractivity contribution in [1.29, 1.82) is 0 Å². The van der Waals surface area contributed by atoms with Gasteiger partial charge in [-0.15, -0.1) is 0 Å². The van der Waals surface area contributed by atoms with Gasteiger partial charge < -0.3 is 23.7 Å². The summed E-state index contributed by atoms with van der Waals surface area (Å²) < 4.78 is 29.0. The third-order valence-electron chi connectivity index (χ3n) is 5.76. The number of esters is 2. The average Bonchev–Trinajstić information content (AvgIpc) is 2.58. The molecular weight excluding hydrogens is 376 g/mol. The van der Waals surface area contributed by atoms with Crippen LogP contribution in [0.25, 0.3) is 0 Å². The van der Waals surface area contributed by atoms with Crippen molar-refractivity contribution < 1.29 is 33.3 Å². The third kappa shape index (κ3) is 5.51. The fourth-order valence-corrected chi connectivity index (χ4v) is 4.54. The summed E-state index contributed by atoms with van der Waals surface area (Å²) in [5.41, 5.74) is 0.454. The van der Waals surface area contributed by atoms with Gasteiger partial charge in [-0.3, -0.25) is 4.79 Å². The number of rotatable bonds is 3. The van der Waals surface area contributed by atoms with E-state index in [0.29, 0.717) is 30.6 Å². The molecule has 2 bridgehead atoms. The summed E-state index contributed by atoms with van der Waals surface area (Å²) >= 11 is 0. The minimum Gasteiger partial charge on any atom is -0.462 e. The highest BCUT2D eigenvalue weighted by Gasteiger charge is 2.45. The van der Waals surface area contributed by atoms with Crippen molar-refractivity contribution in [3.05, 3.63) is 11.3 Å². The Hall–Kier alpha value is -1.60. The summed E-state index contributed by atoms with van der Waals surface area (Å²) in [4.78, 5) is 25.3. The van der Waals surface area contributed by atoms with Crippen LogP contribution in [0.3, 0.4) is 0 Å². The van der Waals surface area contributed by atoms with Crippen molar-refractivity contribution in [3.63, 3.8) is 0 Å². The van der Waals surface area contributed by atoms with Gasteiger partial charge in [0.2, 0.25) is 5.79 Å². The Balaban J connectivity index is 1.88. The quantitative estimate of drug-likeness (QED) is 0.657. The topological polar surface area (TPSA) is 80.3 Å². The van der Waals surface area contributed by atoms with Gasteiger partial charge in [0.05, 0.1) is 24.7 Å². The van der Waals surface area contributed by atoms with E-state index < -0.39 is 17.9 Å². The molecule has 3 aliphatic heterocycles. The van der Waals surface area contributed by atoms with Crippen LogP contribution in [-0.2, 0) is 33.3 Å². The van der Waals surface area contributed by atoms with Crippen LogP contribution in [0, 0.1) is 5.92 Å². The summed E-state index contributed by atoms with van der Waals surface area (Å²) in [6.45, 7) is 7.63. The first-order chi connectivity index (χ1) is 13.7. The van der Waals surface area contributed by atoms with Crippen LogP contribution >= 0.6 is 0 Å². The maximum absolute atomic E-state index is 12.7. The van der Waals surface area contributed by atoms with E-state index in [2.05, 4.69) is 13.8 Å². The lowest BCUT2D eigenvalue weighted by Gasteiger charge is -2.41. The summed E-state index contributed by atoms with van der Waals surface area (Å²) in [6, 6.07) is 0. The molecule has 3 rings (SSSR count). The van der Waals surface area contributed by atoms with E-state index in [1.54, 1.807) is 21.0 Å². The zero-order chi connectivity index (χ0) is 21.2. The number of carbonyl (C=O) groups is 2. The highest BCUT2D eigenvalue weighted by molar-refractivity contribution is 5.91. The maximum Gasteiger partial charge on any atom is 0.343 e. The molecule has 0 unspecified atom stereocenters. The fourth-order valence-electron chi connectivity index (χ4n) is 4.54. The predicted molar refractivity (Wildman–Crippen MR) is 105 cm³/mol. The summed E-state index contributed by atoms with van der Waals surface area (Å²) in [6.07, 6.45) is 3.37. The maximum atomic E-state index is 12.7. The van der Waals surface area contributed by atoms with E-state index in [1.807, 2.05) is 0 Å². The molecule has 0 aromatic carbocycles. The Morgan fingerprint density at radius 2 is 1.86 bits per heavy atom. The molecule has 7 heteroatoms. The number of carbonyl (C=O) groups excluding carboxylic acids is 2. The molecule has 3 aliphatic rings. The molecule has 1 fully saturated rings. The summed E-state index contributed by atoms with van der Waals surface area (Å²) in [5, 5.41) is 0. The Bertz CT molecular complexity index is 654. The van der Waals surface area contributed by atoms with Gasteiger partial charge in [0.25, 0.3) is 0 Å². The molecule has 0 radical (unpaired) electrons. The molecule has 164 valence electrons. The van der Waals surface area contributed by atoms with Crippen molar-refractivity contribution in [2.45, 2.75) is 103 Å². The molecule has 0 aliphatic carbocycles. The molecule has 1 saturated heterocycles. The Kier molecular flexibility index (Phi) is 6.89. The first kappa shape index (κ1) is 22.1. The van der Waals surface area contributed by atoms with Gasteiger partial charge in [-0.2, -0.15) is 0 Å². The van der Waals surface area contributed by atoms with Crippen molar-refractivity contribution >= 4 is 11.9 Å². The van der Waals surface area contributed by atoms with Gasteiger partial charge in [0.1, 0.15) is 17.4 Å². The lowest BCUT2D eigenvalue weighted by atomic mass is 9.88. The second kappa shape index (κ2) is 9.04. The normalized spacial score (nSPS) is 35.4. The monoisotopic (exact) mass is 410 g/mol. The standard InChI is InChI=1S/C22H34O7/c1-6-7-14-10-15(25-5)8-13(2)9-17-20-18(28-22(3,4)29-21(20)24)11-16(26-17)12-19(23)27-14/h13-17H,6-12H2,1-5H3/t13-,14-,15-,16+,17+/m0/s1. The molecule has 0 aromatic rings. The van der Waals surface area contributed by atoms with Gasteiger partial charge in [0.15, 0.2) is 0 Å². The lowest BCUT2D eigenvalue weighted by Crippen LogP contribution is -2.45. The van der Waals surface area contributed by atoms with E-state index in [1.165, 1.54) is 0 Å². The van der Waals surface area contributed by atoms with Gasteiger partial charge in [0, 0.05) is 33.8 Å². The molecule has 0 amide bonds. The van der Waals surface area contributed by atoms with Crippen LogP contribution in [0.5, 0.6) is 0 Å². The smallest absolute Gasteiger partial charge is 0.343 e. The third-order valence-corrected chi connectivity index (χ3v) is 5.76. The molecule has 3 heterocycles. The van der Waals surface area contributed by atoms with Crippen LogP contribution in [0.4, 0.5) is 0 Å². The van der Waals surface area contributed by atoms with Gasteiger partial charge in [-0.05, 0) is 25.2 Å². The number of fused-ring (bicyclic) bond motifs is 3. The number of hydrogen-bond donors (Lipinski definition) is 0. The van der Waals surface area contributed by atoms with Crippen molar-refractivity contribution in [1.82, 2.24) is 0 Å². The minimum absolute atomic E-state index is 0.0184. The van der Waals surface area contributed by atoms with Crippen LogP contribution in [0.15, 0.2) is 11.3 Å². The number of methoxy groups -OCH3 is 1. The molecule has 29 heavy (non-hydrogen) atoms. The van der Waals surface area contributed by atoms with Crippen molar-refractivity contribution in [2.24, 2.45) is 5.92 Å². The first-order valence-electron chi connectivity index (χ1n) is 10.7. The summed E-state index contributed by atoms with van der Waals surface area (Å²) in [5.74, 6) is -0.867. The molecule has 7 nitrogen and oxygen atoms in total. The molecule has 0 saturated carbocycles. The highest BCUT2D eigenvalue weighted by atomic mass is 16.7. The second-order valence-electron chi connectivity index (χ2n) is 8.95. The molecular formula is C22H34O7. The molecule has 0 N–H and O–H groups in total. The van der Waals surface area contributed by atoms with Crippen molar-refractivity contribution in [3.8, 4) is 0 Å². The first-order valence-corrected chi connectivity index (χ1v) is 10.7.